The lowest BCUT2D eigenvalue weighted by atomic mass is 10.0. The van der Waals surface area contributed by atoms with Crippen LogP contribution in [0.4, 0.5) is 11.4 Å². The van der Waals surface area contributed by atoms with Crippen molar-refractivity contribution in [3.05, 3.63) is 162 Å². The molecule has 6 atom stereocenters. The first-order chi connectivity index (χ1) is 29.0. The van der Waals surface area contributed by atoms with Crippen molar-refractivity contribution in [1.29, 1.82) is 0 Å². The monoisotopic (exact) mass is 834 g/mol. The Kier molecular flexibility index (Phi) is 14.8. The Morgan fingerprint density at radius 3 is 1.75 bits per heavy atom. The Hall–Kier alpha value is -6.39. The maximum atomic E-state index is 14.3. The molecule has 60 heavy (non-hydrogen) atoms. The highest BCUT2D eigenvalue weighted by Gasteiger charge is 2.47. The number of aliphatic hydroxyl groups is 1. The summed E-state index contributed by atoms with van der Waals surface area (Å²) in [5.74, 6) is -2.23. The fourth-order valence-electron chi connectivity index (χ4n) is 6.27. The summed E-state index contributed by atoms with van der Waals surface area (Å²) >= 11 is 0. The fourth-order valence-corrected chi connectivity index (χ4v) is 6.67. The Labute approximate surface area is 345 Å². The molecule has 6 N–H and O–H groups in total. The summed E-state index contributed by atoms with van der Waals surface area (Å²) in [7, 11) is -4.77. The molecule has 3 amide bonds. The van der Waals surface area contributed by atoms with Crippen LogP contribution in [-0.2, 0) is 47.8 Å². The van der Waals surface area contributed by atoms with E-state index in [1.54, 1.807) is 41.5 Å². The van der Waals surface area contributed by atoms with E-state index < -0.39 is 62.5 Å². The largest absolute Gasteiger partial charge is 0.524 e. The molecule has 1 fully saturated rings. The molecule has 0 radical (unpaired) electrons. The third-order valence-corrected chi connectivity index (χ3v) is 9.78. The van der Waals surface area contributed by atoms with E-state index in [9.17, 15) is 28.8 Å². The molecule has 5 aromatic carbocycles. The molecule has 1 heterocycles. The minimum Gasteiger partial charge on any atom is -0.404 e. The first kappa shape index (κ1) is 43.2. The van der Waals surface area contributed by atoms with Gasteiger partial charge < -0.3 is 30.4 Å². The van der Waals surface area contributed by atoms with Crippen molar-refractivity contribution in [2.75, 3.05) is 6.61 Å². The average Bonchev–Trinajstić information content (AvgIpc) is 4.05. The van der Waals surface area contributed by atoms with Gasteiger partial charge in [0.15, 0.2) is 6.23 Å². The number of benzene rings is 5. The highest BCUT2D eigenvalue weighted by molar-refractivity contribution is 7.46. The number of azo groups is 1. The average molecular weight is 835 g/mol. The molecular formula is C43H43N6O10P. The van der Waals surface area contributed by atoms with Gasteiger partial charge in [0.25, 0.3) is 0 Å². The minimum atomic E-state index is -4.77. The van der Waals surface area contributed by atoms with Crippen LogP contribution in [0.1, 0.15) is 28.5 Å². The molecule has 310 valence electrons. The van der Waals surface area contributed by atoms with Gasteiger partial charge in [0.2, 0.25) is 17.7 Å². The van der Waals surface area contributed by atoms with Gasteiger partial charge in [-0.1, -0.05) is 103 Å². The molecule has 0 aromatic heterocycles. The first-order valence-corrected chi connectivity index (χ1v) is 20.4. The second kappa shape index (κ2) is 20.5. The molecule has 17 heteroatoms. The predicted molar refractivity (Wildman–Crippen MR) is 219 cm³/mol. The van der Waals surface area contributed by atoms with Crippen LogP contribution >= 0.6 is 7.82 Å². The molecule has 0 aliphatic carbocycles. The van der Waals surface area contributed by atoms with Gasteiger partial charge in [0.1, 0.15) is 30.2 Å². The maximum absolute atomic E-state index is 14.3. The zero-order chi connectivity index (χ0) is 42.5. The second-order valence-corrected chi connectivity index (χ2v) is 15.0. The Morgan fingerprint density at radius 1 is 0.667 bits per heavy atom. The van der Waals surface area contributed by atoms with Gasteiger partial charge in [-0.2, -0.15) is 10.2 Å². The molecule has 0 bridgehead atoms. The number of rotatable bonds is 20. The SMILES string of the molecule is O=C[C@@H](Cc1ccc(OP(=O)(O)O)cc1)NC(=O)[C@@H](CO)NC(=O)[C@@H](Cc1ccccc1)NC(=O)[C@@H](Cc1ccccc1)N1O[C@@H]1c1ccc(N=Nc2ccccc2)cc1. The maximum Gasteiger partial charge on any atom is 0.524 e. The summed E-state index contributed by atoms with van der Waals surface area (Å²) in [4.78, 5) is 77.5. The van der Waals surface area contributed by atoms with Crippen molar-refractivity contribution in [3.63, 3.8) is 0 Å². The van der Waals surface area contributed by atoms with Crippen LogP contribution in [0.15, 0.2) is 150 Å². The number of hydrogen-bond donors (Lipinski definition) is 6. The number of hydroxylamine groups is 2. The van der Waals surface area contributed by atoms with E-state index in [0.29, 0.717) is 28.8 Å². The topological polar surface area (TPSA) is 232 Å². The summed E-state index contributed by atoms with van der Waals surface area (Å²) in [5.41, 5.74) is 4.19. The van der Waals surface area contributed by atoms with Crippen molar-refractivity contribution in [2.45, 2.75) is 49.7 Å². The van der Waals surface area contributed by atoms with Crippen molar-refractivity contribution in [2.24, 2.45) is 10.2 Å². The Balaban J connectivity index is 1.14. The Bertz CT molecular complexity index is 2280. The van der Waals surface area contributed by atoms with Crippen LogP contribution in [0, 0.1) is 0 Å². The van der Waals surface area contributed by atoms with Gasteiger partial charge >= 0.3 is 7.82 Å². The number of aliphatic hydroxyl groups excluding tert-OH is 1. The summed E-state index contributed by atoms with van der Waals surface area (Å²) in [6, 6.07) is 35.7. The quantitative estimate of drug-likeness (QED) is 0.0275. The van der Waals surface area contributed by atoms with E-state index in [4.69, 9.17) is 14.6 Å². The van der Waals surface area contributed by atoms with Crippen LogP contribution in [0.3, 0.4) is 0 Å². The standard InChI is InChI=1S/C43H43N6O10P/c50-27-35(24-31-16-22-36(23-17-31)59-60(55,56)57)44-41(53)38(28-51)46-40(52)37(25-29-10-4-1-5-11-29)45-42(54)39(26-30-12-6-2-7-13-30)49-43(58-49)32-18-20-34(21-19-32)48-47-33-14-8-3-9-15-33/h1-23,27,35,37-39,43,51H,24-26,28H2,(H,44,53)(H,45,54)(H,46,52)(H2,55,56,57)/t35-,37-,38-,39-,43-,49?/m1/s1. The highest BCUT2D eigenvalue weighted by atomic mass is 31.2. The van der Waals surface area contributed by atoms with Gasteiger partial charge in [-0.3, -0.25) is 29.0 Å². The van der Waals surface area contributed by atoms with Crippen molar-refractivity contribution < 1.29 is 48.0 Å². The van der Waals surface area contributed by atoms with Gasteiger partial charge in [-0.15, -0.1) is 5.06 Å². The third kappa shape index (κ3) is 12.8. The predicted octanol–water partition coefficient (Wildman–Crippen LogP) is 4.56. The van der Waals surface area contributed by atoms with E-state index in [2.05, 4.69) is 30.7 Å². The molecule has 6 rings (SSSR count). The van der Waals surface area contributed by atoms with Crippen LogP contribution in [0.25, 0.3) is 0 Å². The third-order valence-electron chi connectivity index (χ3n) is 9.33. The normalized spacial score (nSPS) is 16.8. The second-order valence-electron chi connectivity index (χ2n) is 13.8. The van der Waals surface area contributed by atoms with Crippen molar-refractivity contribution in [1.82, 2.24) is 21.0 Å². The summed E-state index contributed by atoms with van der Waals surface area (Å²) in [6.07, 6.45) is 0.174. The molecule has 1 unspecified atom stereocenters. The van der Waals surface area contributed by atoms with Gasteiger partial charge in [0, 0.05) is 6.42 Å². The number of carbonyl (C=O) groups is 4. The Morgan fingerprint density at radius 2 is 1.18 bits per heavy atom. The van der Waals surface area contributed by atoms with Crippen LogP contribution in [-0.4, -0.2) is 74.7 Å². The van der Waals surface area contributed by atoms with Crippen LogP contribution < -0.4 is 20.5 Å². The van der Waals surface area contributed by atoms with Gasteiger partial charge in [-0.05, 0) is 71.5 Å². The van der Waals surface area contributed by atoms with E-state index in [0.717, 1.165) is 11.1 Å². The number of nitrogens with one attached hydrogen (secondary N) is 3. The van der Waals surface area contributed by atoms with Crippen molar-refractivity contribution in [3.8, 4) is 5.75 Å². The number of phosphoric acid groups is 1. The molecule has 0 spiro atoms. The smallest absolute Gasteiger partial charge is 0.404 e. The fraction of sp³-hybridized carbons (Fsp3) is 0.209. The lowest BCUT2D eigenvalue weighted by molar-refractivity contribution is -0.134. The van der Waals surface area contributed by atoms with E-state index in [1.807, 2.05) is 78.9 Å². The molecule has 1 aliphatic heterocycles. The number of carbonyl (C=O) groups excluding carboxylic acids is 4. The summed E-state index contributed by atoms with van der Waals surface area (Å²) < 4.78 is 15.7. The lowest BCUT2D eigenvalue weighted by Crippen LogP contribution is -2.58. The number of aldehydes is 1. The summed E-state index contributed by atoms with van der Waals surface area (Å²) in [5, 5.41) is 28.2. The minimum absolute atomic E-state index is 0.0177. The number of phosphoric ester groups is 1. The molecule has 1 saturated heterocycles. The molecule has 5 aromatic rings. The molecule has 0 saturated carbocycles. The zero-order valence-corrected chi connectivity index (χ0v) is 33.0. The summed E-state index contributed by atoms with van der Waals surface area (Å²) in [6.45, 7) is -0.823. The molecular weight excluding hydrogens is 791 g/mol. The van der Waals surface area contributed by atoms with E-state index in [1.165, 1.54) is 24.3 Å². The van der Waals surface area contributed by atoms with Crippen LogP contribution in [0.2, 0.25) is 0 Å². The zero-order valence-electron chi connectivity index (χ0n) is 32.1. The van der Waals surface area contributed by atoms with Gasteiger partial charge in [-0.25, -0.2) is 4.57 Å². The van der Waals surface area contributed by atoms with Crippen molar-refractivity contribution >= 4 is 43.2 Å². The lowest BCUT2D eigenvalue weighted by Gasteiger charge is -2.25. The highest BCUT2D eigenvalue weighted by Crippen LogP contribution is 2.41. The first-order valence-electron chi connectivity index (χ1n) is 18.9. The number of hydrogen-bond acceptors (Lipinski definition) is 11. The van der Waals surface area contributed by atoms with E-state index >= 15 is 0 Å². The van der Waals surface area contributed by atoms with Gasteiger partial charge in [0.05, 0.1) is 24.0 Å². The van der Waals surface area contributed by atoms with E-state index in [-0.39, 0.29) is 25.0 Å². The van der Waals surface area contributed by atoms with Crippen LogP contribution in [0.5, 0.6) is 5.75 Å². The molecule has 1 aliphatic rings. The number of amides is 3. The number of nitrogens with zero attached hydrogens (tertiary/aromatic N) is 3. The molecule has 16 nitrogen and oxygen atoms in total.